The van der Waals surface area contributed by atoms with Gasteiger partial charge in [-0.05, 0) is 45.3 Å². The Morgan fingerprint density at radius 2 is 1.94 bits per heavy atom. The maximum absolute atomic E-state index is 11.3. The Morgan fingerprint density at radius 1 is 1.29 bits per heavy atom. The first-order chi connectivity index (χ1) is 8.08. The normalized spacial score (nSPS) is 17.9. The van der Waals surface area contributed by atoms with E-state index in [1.165, 1.54) is 12.8 Å². The number of hydrogen-bond donors (Lipinski definition) is 2. The van der Waals surface area contributed by atoms with Gasteiger partial charge in [0.05, 0.1) is 0 Å². The second-order valence-corrected chi connectivity index (χ2v) is 4.85. The summed E-state index contributed by atoms with van der Waals surface area (Å²) >= 11 is 0. The number of hydrogen-bond acceptors (Lipinski definition) is 3. The number of amides is 2. The molecule has 3 N–H and O–H groups in total. The van der Waals surface area contributed by atoms with Gasteiger partial charge in [-0.25, -0.2) is 0 Å². The van der Waals surface area contributed by atoms with Gasteiger partial charge in [-0.2, -0.15) is 0 Å². The number of piperidine rings is 1. The largest absolute Gasteiger partial charge is 0.370 e. The molecule has 1 aliphatic rings. The zero-order valence-electron chi connectivity index (χ0n) is 10.6. The van der Waals surface area contributed by atoms with Crippen LogP contribution in [0.1, 0.15) is 32.1 Å². The number of nitrogens with one attached hydrogen (secondary N) is 1. The van der Waals surface area contributed by atoms with Crippen LogP contribution in [0.3, 0.4) is 0 Å². The molecule has 0 saturated carbocycles. The molecule has 0 aliphatic carbocycles. The SMILES string of the molecule is CN1CCC(CCNC(=O)CCC(N)=O)CC1. The monoisotopic (exact) mass is 241 g/mol. The van der Waals surface area contributed by atoms with Crippen LogP contribution in [-0.4, -0.2) is 43.4 Å². The van der Waals surface area contributed by atoms with Crippen molar-refractivity contribution in [2.75, 3.05) is 26.7 Å². The maximum Gasteiger partial charge on any atom is 0.220 e. The van der Waals surface area contributed by atoms with E-state index in [1.54, 1.807) is 0 Å². The Bertz CT molecular complexity index is 260. The van der Waals surface area contributed by atoms with Crippen molar-refractivity contribution >= 4 is 11.8 Å². The molecule has 1 saturated heterocycles. The van der Waals surface area contributed by atoms with Crippen LogP contribution in [0, 0.1) is 5.92 Å². The summed E-state index contributed by atoms with van der Waals surface area (Å²) in [5.41, 5.74) is 4.98. The molecule has 0 bridgehead atoms. The molecule has 1 rings (SSSR count). The molecule has 0 unspecified atom stereocenters. The van der Waals surface area contributed by atoms with Crippen molar-refractivity contribution in [3.05, 3.63) is 0 Å². The van der Waals surface area contributed by atoms with Gasteiger partial charge in [-0.1, -0.05) is 0 Å². The molecular weight excluding hydrogens is 218 g/mol. The Balaban J connectivity index is 2.03. The third-order valence-electron chi connectivity index (χ3n) is 3.31. The van der Waals surface area contributed by atoms with E-state index >= 15 is 0 Å². The Labute approximate surface area is 103 Å². The number of nitrogens with zero attached hydrogens (tertiary/aromatic N) is 1. The lowest BCUT2D eigenvalue weighted by atomic mass is 9.94. The summed E-state index contributed by atoms with van der Waals surface area (Å²) in [6, 6.07) is 0. The first kappa shape index (κ1) is 14.0. The smallest absolute Gasteiger partial charge is 0.220 e. The number of carbonyl (C=O) groups excluding carboxylic acids is 2. The molecule has 2 amide bonds. The van der Waals surface area contributed by atoms with Crippen molar-refractivity contribution < 1.29 is 9.59 Å². The first-order valence-electron chi connectivity index (χ1n) is 6.31. The van der Waals surface area contributed by atoms with E-state index in [0.29, 0.717) is 6.54 Å². The molecule has 5 heteroatoms. The fraction of sp³-hybridized carbons (Fsp3) is 0.833. The maximum atomic E-state index is 11.3. The minimum atomic E-state index is -0.421. The molecule has 17 heavy (non-hydrogen) atoms. The molecule has 1 heterocycles. The summed E-state index contributed by atoms with van der Waals surface area (Å²) in [6.07, 6.45) is 3.82. The van der Waals surface area contributed by atoms with Gasteiger partial charge in [-0.3, -0.25) is 9.59 Å². The van der Waals surface area contributed by atoms with E-state index < -0.39 is 5.91 Å². The van der Waals surface area contributed by atoms with Gasteiger partial charge in [0.1, 0.15) is 0 Å². The summed E-state index contributed by atoms with van der Waals surface area (Å²) in [5.74, 6) is 0.231. The van der Waals surface area contributed by atoms with E-state index in [4.69, 9.17) is 5.73 Å². The number of likely N-dealkylation sites (tertiary alicyclic amines) is 1. The summed E-state index contributed by atoms with van der Waals surface area (Å²) in [6.45, 7) is 3.02. The van der Waals surface area contributed by atoms with E-state index in [9.17, 15) is 9.59 Å². The lowest BCUT2D eigenvalue weighted by Gasteiger charge is -2.28. The van der Waals surface area contributed by atoms with E-state index in [0.717, 1.165) is 25.4 Å². The highest BCUT2D eigenvalue weighted by atomic mass is 16.2. The molecule has 0 spiro atoms. The highest BCUT2D eigenvalue weighted by molar-refractivity contribution is 5.82. The lowest BCUT2D eigenvalue weighted by Crippen LogP contribution is -2.32. The van der Waals surface area contributed by atoms with Crippen LogP contribution in [0.2, 0.25) is 0 Å². The van der Waals surface area contributed by atoms with Crippen LogP contribution >= 0.6 is 0 Å². The second kappa shape index (κ2) is 7.27. The minimum Gasteiger partial charge on any atom is -0.370 e. The lowest BCUT2D eigenvalue weighted by molar-refractivity contribution is -0.125. The van der Waals surface area contributed by atoms with Gasteiger partial charge in [0.2, 0.25) is 11.8 Å². The van der Waals surface area contributed by atoms with E-state index in [2.05, 4.69) is 17.3 Å². The van der Waals surface area contributed by atoms with Crippen molar-refractivity contribution in [2.24, 2.45) is 11.7 Å². The number of rotatable bonds is 6. The molecule has 1 fully saturated rings. The number of carbonyl (C=O) groups is 2. The van der Waals surface area contributed by atoms with E-state index in [1.807, 2.05) is 0 Å². The molecule has 0 aromatic rings. The molecule has 5 nitrogen and oxygen atoms in total. The van der Waals surface area contributed by atoms with Crippen molar-refractivity contribution in [1.82, 2.24) is 10.2 Å². The van der Waals surface area contributed by atoms with Crippen LogP contribution in [0.4, 0.5) is 0 Å². The van der Waals surface area contributed by atoms with Crippen LogP contribution in [0.15, 0.2) is 0 Å². The topological polar surface area (TPSA) is 75.4 Å². The predicted octanol–water partition coefficient (Wildman–Crippen LogP) is 0.100. The van der Waals surface area contributed by atoms with Crippen molar-refractivity contribution in [3.63, 3.8) is 0 Å². The van der Waals surface area contributed by atoms with Gasteiger partial charge < -0.3 is 16.0 Å². The zero-order valence-corrected chi connectivity index (χ0v) is 10.6. The van der Waals surface area contributed by atoms with Crippen molar-refractivity contribution in [3.8, 4) is 0 Å². The first-order valence-corrected chi connectivity index (χ1v) is 6.31. The van der Waals surface area contributed by atoms with Gasteiger partial charge in [-0.15, -0.1) is 0 Å². The predicted molar refractivity (Wildman–Crippen MR) is 66.3 cm³/mol. The van der Waals surface area contributed by atoms with Crippen LogP contribution in [0.5, 0.6) is 0 Å². The Kier molecular flexibility index (Phi) is 5.97. The Morgan fingerprint density at radius 3 is 2.53 bits per heavy atom. The molecule has 0 atom stereocenters. The summed E-state index contributed by atoms with van der Waals surface area (Å²) in [5, 5.41) is 2.84. The summed E-state index contributed by atoms with van der Waals surface area (Å²) < 4.78 is 0. The van der Waals surface area contributed by atoms with Crippen molar-refractivity contribution in [1.29, 1.82) is 0 Å². The molecule has 1 aliphatic heterocycles. The van der Waals surface area contributed by atoms with Gasteiger partial charge in [0, 0.05) is 19.4 Å². The molecular formula is C12H23N3O2. The van der Waals surface area contributed by atoms with Crippen LogP contribution in [0.25, 0.3) is 0 Å². The number of nitrogens with two attached hydrogens (primary N) is 1. The summed E-state index contributed by atoms with van der Waals surface area (Å²) in [7, 11) is 2.14. The fourth-order valence-corrected chi connectivity index (χ4v) is 2.09. The third kappa shape index (κ3) is 6.26. The number of primary amides is 1. The average Bonchev–Trinajstić information content (AvgIpc) is 2.29. The van der Waals surface area contributed by atoms with Gasteiger partial charge in [0.15, 0.2) is 0 Å². The third-order valence-corrected chi connectivity index (χ3v) is 3.31. The van der Waals surface area contributed by atoms with Crippen LogP contribution in [-0.2, 0) is 9.59 Å². The zero-order chi connectivity index (χ0) is 12.7. The van der Waals surface area contributed by atoms with E-state index in [-0.39, 0.29) is 18.7 Å². The Hall–Kier alpha value is -1.10. The quantitative estimate of drug-likeness (QED) is 0.692. The minimum absolute atomic E-state index is 0.0725. The molecule has 0 aromatic heterocycles. The standard InChI is InChI=1S/C12H23N3O2/c1-15-8-5-10(6-9-15)4-7-14-12(17)3-2-11(13)16/h10H,2-9H2,1H3,(H2,13,16)(H,14,17). The second-order valence-electron chi connectivity index (χ2n) is 4.85. The van der Waals surface area contributed by atoms with Gasteiger partial charge in [0.25, 0.3) is 0 Å². The van der Waals surface area contributed by atoms with Crippen LogP contribution < -0.4 is 11.1 Å². The molecule has 0 radical (unpaired) electrons. The van der Waals surface area contributed by atoms with Gasteiger partial charge >= 0.3 is 0 Å². The summed E-state index contributed by atoms with van der Waals surface area (Å²) in [4.78, 5) is 24.1. The molecule has 98 valence electrons. The fourth-order valence-electron chi connectivity index (χ4n) is 2.09. The average molecular weight is 241 g/mol. The highest BCUT2D eigenvalue weighted by Gasteiger charge is 2.16. The molecule has 0 aromatic carbocycles. The van der Waals surface area contributed by atoms with Crippen molar-refractivity contribution in [2.45, 2.75) is 32.1 Å². The highest BCUT2D eigenvalue weighted by Crippen LogP contribution is 2.18.